The first-order valence-corrected chi connectivity index (χ1v) is 16.9. The Morgan fingerprint density at radius 1 is 0.556 bits per heavy atom. The number of hydrogen-bond donors (Lipinski definition) is 0. The summed E-state index contributed by atoms with van der Waals surface area (Å²) >= 11 is 0. The van der Waals surface area contributed by atoms with E-state index in [4.69, 9.17) is 0 Å². The van der Waals surface area contributed by atoms with Crippen molar-refractivity contribution < 1.29 is 0 Å². The maximum atomic E-state index is 3.05. The molecule has 2 heterocycles. The number of fused-ring (bicyclic) bond motifs is 2. The molecule has 2 aliphatic carbocycles. The van der Waals surface area contributed by atoms with Crippen LogP contribution in [0.1, 0.15) is 157 Å². The fourth-order valence-corrected chi connectivity index (χ4v) is 10.00. The zero-order valence-corrected chi connectivity index (χ0v) is 25.5. The van der Waals surface area contributed by atoms with E-state index in [1.165, 1.54) is 129 Å². The minimum absolute atomic E-state index is 0.446. The fourth-order valence-electron chi connectivity index (χ4n) is 10.00. The van der Waals surface area contributed by atoms with Crippen molar-refractivity contribution in [3.05, 3.63) is 0 Å². The summed E-state index contributed by atoms with van der Waals surface area (Å²) in [5, 5.41) is 0. The third-order valence-electron chi connectivity index (χ3n) is 12.5. The Morgan fingerprint density at radius 3 is 1.31 bits per heavy atom. The molecule has 0 bridgehead atoms. The van der Waals surface area contributed by atoms with Crippen molar-refractivity contribution in [1.29, 1.82) is 0 Å². The van der Waals surface area contributed by atoms with Gasteiger partial charge in [0.1, 0.15) is 0 Å². The number of rotatable bonds is 11. The number of hydrogen-bond acceptors (Lipinski definition) is 2. The van der Waals surface area contributed by atoms with Crippen molar-refractivity contribution in [2.45, 2.75) is 180 Å². The molecule has 4 fully saturated rings. The van der Waals surface area contributed by atoms with Crippen LogP contribution in [0.15, 0.2) is 0 Å². The number of piperidine rings is 2. The molecule has 2 heteroatoms. The van der Waals surface area contributed by atoms with Crippen LogP contribution in [0.2, 0.25) is 0 Å². The summed E-state index contributed by atoms with van der Waals surface area (Å²) in [6.07, 6.45) is 26.0. The molecular weight excluding hydrogens is 436 g/mol. The van der Waals surface area contributed by atoms with Crippen LogP contribution >= 0.6 is 0 Å². The van der Waals surface area contributed by atoms with Crippen molar-refractivity contribution in [3.8, 4) is 0 Å². The lowest BCUT2D eigenvalue weighted by Crippen LogP contribution is -2.61. The van der Waals surface area contributed by atoms with Crippen LogP contribution in [0.5, 0.6) is 0 Å². The first kappa shape index (κ1) is 28.9. The molecular formula is C34H64N2. The quantitative estimate of drug-likeness (QED) is 0.261. The zero-order valence-electron chi connectivity index (χ0n) is 25.5. The Balaban J connectivity index is 1.29. The van der Waals surface area contributed by atoms with Crippen LogP contribution in [0.3, 0.4) is 0 Å². The lowest BCUT2D eigenvalue weighted by molar-refractivity contribution is -0.0765. The molecule has 0 aromatic carbocycles. The smallest absolute Gasteiger partial charge is 0.0184 e. The molecule has 2 saturated carbocycles. The average Bonchev–Trinajstić information content (AvgIpc) is 2.92. The van der Waals surface area contributed by atoms with Crippen LogP contribution < -0.4 is 0 Å². The second-order valence-electron chi connectivity index (χ2n) is 14.3. The van der Waals surface area contributed by atoms with Gasteiger partial charge in [-0.1, -0.05) is 79.1 Å². The van der Waals surface area contributed by atoms with Gasteiger partial charge in [0.05, 0.1) is 0 Å². The molecule has 0 aromatic heterocycles. The van der Waals surface area contributed by atoms with Gasteiger partial charge in [-0.2, -0.15) is 0 Å². The summed E-state index contributed by atoms with van der Waals surface area (Å²) in [5.41, 5.74) is 0.892. The Morgan fingerprint density at radius 2 is 0.944 bits per heavy atom. The lowest BCUT2D eigenvalue weighted by atomic mass is 9.65. The van der Waals surface area contributed by atoms with Crippen LogP contribution in [-0.4, -0.2) is 46.1 Å². The lowest BCUT2D eigenvalue weighted by Gasteiger charge is -2.58. The van der Waals surface area contributed by atoms with E-state index in [1.807, 2.05) is 0 Å². The van der Waals surface area contributed by atoms with Gasteiger partial charge in [0.2, 0.25) is 0 Å². The maximum absolute atomic E-state index is 3.05. The number of likely N-dealkylation sites (tertiary alicyclic amines) is 2. The van der Waals surface area contributed by atoms with Crippen molar-refractivity contribution >= 4 is 0 Å². The van der Waals surface area contributed by atoms with Gasteiger partial charge in [0.25, 0.3) is 0 Å². The highest BCUT2D eigenvalue weighted by Gasteiger charge is 2.49. The summed E-state index contributed by atoms with van der Waals surface area (Å²) in [6, 6.07) is 1.77. The van der Waals surface area contributed by atoms with E-state index >= 15 is 0 Å². The third-order valence-corrected chi connectivity index (χ3v) is 12.5. The largest absolute Gasteiger partial charge is 0.295 e. The molecule has 210 valence electrons. The Bertz CT molecular complexity index is 606. The average molecular weight is 501 g/mol. The molecule has 2 aliphatic heterocycles. The van der Waals surface area contributed by atoms with E-state index in [9.17, 15) is 0 Å². The predicted octanol–water partition coefficient (Wildman–Crippen LogP) is 9.47. The molecule has 8 unspecified atom stereocenters. The predicted molar refractivity (Wildman–Crippen MR) is 158 cm³/mol. The highest BCUT2D eigenvalue weighted by Crippen LogP contribution is 2.49. The zero-order chi connectivity index (χ0) is 25.8. The SMILES string of the molecule is CCC1CC(C)(CC)N(CCCCCCN2C3CCCCC3C(CC)CC2(C)CC)C2CCCCC12. The number of nitrogens with zero attached hydrogens (tertiary/aromatic N) is 2. The van der Waals surface area contributed by atoms with E-state index in [2.05, 4.69) is 51.3 Å². The molecule has 0 spiro atoms. The van der Waals surface area contributed by atoms with Crippen molar-refractivity contribution in [1.82, 2.24) is 9.80 Å². The van der Waals surface area contributed by atoms with Crippen LogP contribution in [-0.2, 0) is 0 Å². The van der Waals surface area contributed by atoms with Gasteiger partial charge in [-0.3, -0.25) is 9.80 Å². The van der Waals surface area contributed by atoms with Gasteiger partial charge in [-0.15, -0.1) is 0 Å². The van der Waals surface area contributed by atoms with Gasteiger partial charge >= 0.3 is 0 Å². The van der Waals surface area contributed by atoms with Gasteiger partial charge < -0.3 is 0 Å². The monoisotopic (exact) mass is 501 g/mol. The highest BCUT2D eigenvalue weighted by molar-refractivity contribution is 5.03. The van der Waals surface area contributed by atoms with E-state index < -0.39 is 0 Å². The molecule has 2 nitrogen and oxygen atoms in total. The molecule has 8 atom stereocenters. The highest BCUT2D eigenvalue weighted by atomic mass is 15.2. The molecule has 4 rings (SSSR count). The van der Waals surface area contributed by atoms with Gasteiger partial charge in [-0.05, 0) is 115 Å². The molecule has 4 aliphatic rings. The fraction of sp³-hybridized carbons (Fsp3) is 1.00. The summed E-state index contributed by atoms with van der Waals surface area (Å²) in [4.78, 5) is 6.11. The maximum Gasteiger partial charge on any atom is 0.0184 e. The minimum atomic E-state index is 0.446. The second kappa shape index (κ2) is 12.8. The Kier molecular flexibility index (Phi) is 10.3. The van der Waals surface area contributed by atoms with Crippen LogP contribution in [0.25, 0.3) is 0 Å². The first-order chi connectivity index (χ1) is 17.4. The van der Waals surface area contributed by atoms with Crippen molar-refractivity contribution in [2.24, 2.45) is 23.7 Å². The van der Waals surface area contributed by atoms with Crippen molar-refractivity contribution in [3.63, 3.8) is 0 Å². The normalized spacial score (nSPS) is 42.2. The topological polar surface area (TPSA) is 6.48 Å². The standard InChI is InChI=1S/C34H64N2/c1-7-27-25-33(5,9-3)35(31-21-15-13-19-29(27)31)23-17-11-12-18-24-36-32-22-16-14-20-30(32)28(8-2)26-34(36,6)10-4/h27-32H,7-26H2,1-6H3. The first-order valence-electron chi connectivity index (χ1n) is 16.9. The van der Waals surface area contributed by atoms with Crippen LogP contribution in [0, 0.1) is 23.7 Å². The minimum Gasteiger partial charge on any atom is -0.295 e. The molecule has 0 radical (unpaired) electrons. The van der Waals surface area contributed by atoms with Gasteiger partial charge in [0.15, 0.2) is 0 Å². The van der Waals surface area contributed by atoms with Crippen molar-refractivity contribution in [2.75, 3.05) is 13.1 Å². The molecule has 0 N–H and O–H groups in total. The second-order valence-corrected chi connectivity index (χ2v) is 14.3. The van der Waals surface area contributed by atoms with Crippen LogP contribution in [0.4, 0.5) is 0 Å². The molecule has 36 heavy (non-hydrogen) atoms. The summed E-state index contributed by atoms with van der Waals surface area (Å²) < 4.78 is 0. The van der Waals surface area contributed by atoms with Gasteiger partial charge in [-0.25, -0.2) is 0 Å². The summed E-state index contributed by atoms with van der Waals surface area (Å²) in [5.74, 6) is 3.93. The van der Waals surface area contributed by atoms with E-state index in [0.717, 1.165) is 35.8 Å². The molecule has 0 aromatic rings. The third kappa shape index (κ3) is 5.90. The van der Waals surface area contributed by atoms with E-state index in [0.29, 0.717) is 11.1 Å². The number of unbranched alkanes of at least 4 members (excludes halogenated alkanes) is 3. The van der Waals surface area contributed by atoms with E-state index in [1.54, 1.807) is 0 Å². The Hall–Kier alpha value is -0.0800. The summed E-state index contributed by atoms with van der Waals surface area (Å²) in [6.45, 7) is 17.8. The Labute approximate surface area is 226 Å². The van der Waals surface area contributed by atoms with E-state index in [-0.39, 0.29) is 0 Å². The molecule has 0 amide bonds. The molecule has 2 saturated heterocycles. The summed E-state index contributed by atoms with van der Waals surface area (Å²) in [7, 11) is 0. The van der Waals surface area contributed by atoms with Gasteiger partial charge in [0, 0.05) is 23.2 Å².